The number of carbonyl (C=O) groups excluding carboxylic acids is 1. The van der Waals surface area contributed by atoms with E-state index in [9.17, 15) is 4.79 Å². The highest BCUT2D eigenvalue weighted by Crippen LogP contribution is 2.18. The molecule has 5 heteroatoms. The maximum absolute atomic E-state index is 12.0. The number of carbonyl (C=O) groups is 1. The van der Waals surface area contributed by atoms with Gasteiger partial charge in [-0.05, 0) is 31.5 Å². The number of hydrogen-bond acceptors (Lipinski definition) is 3. The molecule has 1 aromatic heterocycles. The Bertz CT molecular complexity index is 528. The number of nitrogens with one attached hydrogen (secondary N) is 2. The van der Waals surface area contributed by atoms with E-state index in [0.29, 0.717) is 5.76 Å². The van der Waals surface area contributed by atoms with Gasteiger partial charge >= 0.3 is 0 Å². The molecule has 1 aliphatic heterocycles. The Balaban J connectivity index is 0.00000133. The van der Waals surface area contributed by atoms with E-state index < -0.39 is 0 Å². The van der Waals surface area contributed by atoms with E-state index in [1.165, 1.54) is 0 Å². The van der Waals surface area contributed by atoms with Gasteiger partial charge < -0.3 is 15.1 Å². The topological polar surface area (TPSA) is 54.3 Å². The second-order valence-corrected chi connectivity index (χ2v) is 4.67. The number of halogens is 1. The SMILES string of the molecule is Cl.O=C(N[C@@H]1CCCNC1)c1cc2ccccc2o1. The van der Waals surface area contributed by atoms with Crippen LogP contribution in [0.1, 0.15) is 23.4 Å². The summed E-state index contributed by atoms with van der Waals surface area (Å²) in [4.78, 5) is 12.0. The van der Waals surface area contributed by atoms with Crippen LogP contribution in [0.15, 0.2) is 34.7 Å². The van der Waals surface area contributed by atoms with E-state index in [0.717, 1.165) is 36.9 Å². The minimum absolute atomic E-state index is 0. The Morgan fingerprint density at radius 3 is 2.95 bits per heavy atom. The van der Waals surface area contributed by atoms with Gasteiger partial charge in [0.05, 0.1) is 0 Å². The van der Waals surface area contributed by atoms with Gasteiger partial charge in [-0.3, -0.25) is 4.79 Å². The minimum atomic E-state index is -0.125. The van der Waals surface area contributed by atoms with E-state index in [-0.39, 0.29) is 24.4 Å². The predicted molar refractivity (Wildman–Crippen MR) is 76.8 cm³/mol. The van der Waals surface area contributed by atoms with Crippen molar-refractivity contribution in [2.45, 2.75) is 18.9 Å². The number of rotatable bonds is 2. The van der Waals surface area contributed by atoms with Crippen LogP contribution < -0.4 is 10.6 Å². The van der Waals surface area contributed by atoms with Gasteiger partial charge in [0, 0.05) is 18.0 Å². The second-order valence-electron chi connectivity index (χ2n) is 4.67. The summed E-state index contributed by atoms with van der Waals surface area (Å²) in [6.07, 6.45) is 2.13. The molecule has 2 aromatic rings. The van der Waals surface area contributed by atoms with Crippen LogP contribution in [0.4, 0.5) is 0 Å². The molecule has 2 N–H and O–H groups in total. The molecule has 0 spiro atoms. The van der Waals surface area contributed by atoms with E-state index in [1.807, 2.05) is 24.3 Å². The van der Waals surface area contributed by atoms with E-state index in [1.54, 1.807) is 6.07 Å². The molecule has 1 fully saturated rings. The third-order valence-electron chi connectivity index (χ3n) is 3.28. The number of piperidine rings is 1. The lowest BCUT2D eigenvalue weighted by atomic mass is 10.1. The van der Waals surface area contributed by atoms with E-state index >= 15 is 0 Å². The quantitative estimate of drug-likeness (QED) is 0.888. The van der Waals surface area contributed by atoms with Crippen LogP contribution in [0.3, 0.4) is 0 Å². The number of para-hydroxylation sites is 1. The number of fused-ring (bicyclic) bond motifs is 1. The molecule has 1 saturated heterocycles. The van der Waals surface area contributed by atoms with Gasteiger partial charge in [0.15, 0.2) is 5.76 Å². The zero-order valence-electron chi connectivity index (χ0n) is 10.5. The molecular weight excluding hydrogens is 264 g/mol. The van der Waals surface area contributed by atoms with Crippen molar-refractivity contribution in [3.8, 4) is 0 Å². The molecule has 0 unspecified atom stereocenters. The average Bonchev–Trinajstić information content (AvgIpc) is 2.84. The molecule has 1 aliphatic rings. The van der Waals surface area contributed by atoms with Gasteiger partial charge in [-0.1, -0.05) is 18.2 Å². The molecule has 1 atom stereocenters. The summed E-state index contributed by atoms with van der Waals surface area (Å²) in [5.74, 6) is 0.265. The fourth-order valence-electron chi connectivity index (χ4n) is 2.33. The van der Waals surface area contributed by atoms with Crippen LogP contribution in [-0.2, 0) is 0 Å². The second kappa shape index (κ2) is 6.08. The number of hydrogen-bond donors (Lipinski definition) is 2. The molecule has 0 aliphatic carbocycles. The number of benzene rings is 1. The number of furan rings is 1. The fourth-order valence-corrected chi connectivity index (χ4v) is 2.33. The third-order valence-corrected chi connectivity index (χ3v) is 3.28. The maximum Gasteiger partial charge on any atom is 0.287 e. The monoisotopic (exact) mass is 280 g/mol. The van der Waals surface area contributed by atoms with Crippen LogP contribution in [0.25, 0.3) is 11.0 Å². The normalized spacial score (nSPS) is 18.8. The van der Waals surface area contributed by atoms with Crippen molar-refractivity contribution >= 4 is 29.3 Å². The van der Waals surface area contributed by atoms with Crippen molar-refractivity contribution in [2.24, 2.45) is 0 Å². The first-order chi connectivity index (χ1) is 8.83. The summed E-state index contributed by atoms with van der Waals surface area (Å²) in [5.41, 5.74) is 0.754. The summed E-state index contributed by atoms with van der Waals surface area (Å²) < 4.78 is 5.54. The molecule has 0 bridgehead atoms. The van der Waals surface area contributed by atoms with Gasteiger partial charge in [0.1, 0.15) is 5.58 Å². The third kappa shape index (κ3) is 3.08. The maximum atomic E-state index is 12.0. The summed E-state index contributed by atoms with van der Waals surface area (Å²) in [5, 5.41) is 7.24. The van der Waals surface area contributed by atoms with Crippen LogP contribution in [0.2, 0.25) is 0 Å². The lowest BCUT2D eigenvalue weighted by Crippen LogP contribution is -2.45. The summed E-state index contributed by atoms with van der Waals surface area (Å²) in [7, 11) is 0. The highest BCUT2D eigenvalue weighted by atomic mass is 35.5. The summed E-state index contributed by atoms with van der Waals surface area (Å²) >= 11 is 0. The van der Waals surface area contributed by atoms with Crippen LogP contribution in [0.5, 0.6) is 0 Å². The zero-order valence-corrected chi connectivity index (χ0v) is 11.3. The van der Waals surface area contributed by atoms with Crippen LogP contribution in [0, 0.1) is 0 Å². The van der Waals surface area contributed by atoms with Gasteiger partial charge in [-0.2, -0.15) is 0 Å². The highest BCUT2D eigenvalue weighted by molar-refractivity contribution is 5.96. The number of amides is 1. The summed E-state index contributed by atoms with van der Waals surface area (Å²) in [6.45, 7) is 1.88. The standard InChI is InChI=1S/C14H16N2O2.ClH/c17-14(16-11-5-3-7-15-9-11)13-8-10-4-1-2-6-12(10)18-13;/h1-2,4,6,8,11,15H,3,5,7,9H2,(H,16,17);1H/t11-;/m1./s1. The molecule has 1 aromatic carbocycles. The minimum Gasteiger partial charge on any atom is -0.451 e. The Hall–Kier alpha value is -1.52. The van der Waals surface area contributed by atoms with Crippen molar-refractivity contribution in [1.29, 1.82) is 0 Å². The average molecular weight is 281 g/mol. The zero-order chi connectivity index (χ0) is 12.4. The van der Waals surface area contributed by atoms with Crippen molar-refractivity contribution in [2.75, 3.05) is 13.1 Å². The highest BCUT2D eigenvalue weighted by Gasteiger charge is 2.18. The van der Waals surface area contributed by atoms with Crippen LogP contribution in [-0.4, -0.2) is 25.0 Å². The lowest BCUT2D eigenvalue weighted by Gasteiger charge is -2.23. The van der Waals surface area contributed by atoms with Gasteiger partial charge in [-0.25, -0.2) is 0 Å². The molecule has 4 nitrogen and oxygen atoms in total. The van der Waals surface area contributed by atoms with Gasteiger partial charge in [0.2, 0.25) is 0 Å². The first-order valence-corrected chi connectivity index (χ1v) is 6.33. The van der Waals surface area contributed by atoms with Gasteiger partial charge in [-0.15, -0.1) is 12.4 Å². The lowest BCUT2D eigenvalue weighted by molar-refractivity contribution is 0.0905. The molecule has 0 saturated carbocycles. The Morgan fingerprint density at radius 2 is 2.21 bits per heavy atom. The molecule has 1 amide bonds. The van der Waals surface area contributed by atoms with Crippen molar-refractivity contribution in [3.05, 3.63) is 36.1 Å². The van der Waals surface area contributed by atoms with E-state index in [2.05, 4.69) is 10.6 Å². The van der Waals surface area contributed by atoms with Crippen LogP contribution >= 0.6 is 12.4 Å². The van der Waals surface area contributed by atoms with Gasteiger partial charge in [0.25, 0.3) is 5.91 Å². The molecule has 19 heavy (non-hydrogen) atoms. The Labute approximate surface area is 118 Å². The van der Waals surface area contributed by atoms with Crippen molar-refractivity contribution in [1.82, 2.24) is 10.6 Å². The molecule has 0 radical (unpaired) electrons. The summed E-state index contributed by atoms with van der Waals surface area (Å²) in [6, 6.07) is 9.65. The van der Waals surface area contributed by atoms with Crippen molar-refractivity contribution < 1.29 is 9.21 Å². The molecule has 2 heterocycles. The Kier molecular flexibility index (Phi) is 4.45. The molecule has 3 rings (SSSR count). The molecular formula is C14H17ClN2O2. The largest absolute Gasteiger partial charge is 0.451 e. The first kappa shape index (κ1) is 13.9. The first-order valence-electron chi connectivity index (χ1n) is 6.33. The van der Waals surface area contributed by atoms with Crippen molar-refractivity contribution in [3.63, 3.8) is 0 Å². The smallest absolute Gasteiger partial charge is 0.287 e. The predicted octanol–water partition coefficient (Wildman–Crippen LogP) is 2.34. The fraction of sp³-hybridized carbons (Fsp3) is 0.357. The molecule has 102 valence electrons. The Morgan fingerprint density at radius 1 is 1.37 bits per heavy atom. The van der Waals surface area contributed by atoms with E-state index in [4.69, 9.17) is 4.42 Å².